The quantitative estimate of drug-likeness (QED) is 0.0827. The third-order valence-corrected chi connectivity index (χ3v) is 9.56. The van der Waals surface area contributed by atoms with E-state index in [1.807, 2.05) is 30.3 Å². The predicted octanol–water partition coefficient (Wildman–Crippen LogP) is 5.56. The molecule has 0 aliphatic carbocycles. The van der Waals surface area contributed by atoms with Gasteiger partial charge in [0.15, 0.2) is 9.96 Å². The molecule has 236 valence electrons. The van der Waals surface area contributed by atoms with Crippen molar-refractivity contribution in [3.8, 4) is 5.75 Å². The van der Waals surface area contributed by atoms with E-state index in [0.29, 0.717) is 47.5 Å². The fourth-order valence-electron chi connectivity index (χ4n) is 5.09. The number of fused-ring (bicyclic) bond motifs is 1. The van der Waals surface area contributed by atoms with Gasteiger partial charge in [-0.2, -0.15) is 0 Å². The molecule has 3 aromatic carbocycles. The van der Waals surface area contributed by atoms with Crippen molar-refractivity contribution in [1.29, 1.82) is 0 Å². The topological polar surface area (TPSA) is 139 Å². The number of thiazole rings is 1. The Hall–Kier alpha value is -4.92. The van der Waals surface area contributed by atoms with Gasteiger partial charge < -0.3 is 9.47 Å². The normalized spacial score (nSPS) is 14.4. The summed E-state index contributed by atoms with van der Waals surface area (Å²) >= 11 is 5.85. The number of nitro benzene ring substituents is 1. The number of aromatic nitrogens is 3. The van der Waals surface area contributed by atoms with Gasteiger partial charge in [0.05, 0.1) is 34.4 Å². The van der Waals surface area contributed by atoms with E-state index in [1.165, 1.54) is 35.6 Å². The monoisotopic (exact) mass is 729 g/mol. The number of hydrogen-bond donors (Lipinski definition) is 0. The molecule has 0 fully saturated rings. The van der Waals surface area contributed by atoms with Gasteiger partial charge in [0, 0.05) is 45.0 Å². The standard InChI is InChI=1S/C33H24BrN5O6S2/c1-3-45-31(41)27-28(19-8-5-4-6-9-19)37-33-38(29(27)23-18-21(34)10-12-24(23)44-2)30(40)26(47-33)17-20-16-22(39(42)43)11-13-25(20)46-32-35-14-7-15-36-32/h4-18,29H,3H2,1-2H3/b26-17-/t29-/m0/s1. The maximum absolute atomic E-state index is 14.4. The van der Waals surface area contributed by atoms with E-state index >= 15 is 0 Å². The summed E-state index contributed by atoms with van der Waals surface area (Å²) in [5, 5.41) is 12.2. The molecule has 0 saturated carbocycles. The molecule has 11 nitrogen and oxygen atoms in total. The number of nitro groups is 1. The molecule has 1 atom stereocenters. The summed E-state index contributed by atoms with van der Waals surface area (Å²) < 4.78 is 13.7. The first-order valence-corrected chi connectivity index (χ1v) is 16.6. The van der Waals surface area contributed by atoms with Crippen LogP contribution in [0.3, 0.4) is 0 Å². The van der Waals surface area contributed by atoms with Crippen molar-refractivity contribution >= 4 is 62.5 Å². The Morgan fingerprint density at radius 3 is 2.57 bits per heavy atom. The van der Waals surface area contributed by atoms with Crippen molar-refractivity contribution in [3.63, 3.8) is 0 Å². The smallest absolute Gasteiger partial charge is 0.338 e. The second-order valence-corrected chi connectivity index (χ2v) is 12.9. The molecule has 0 bridgehead atoms. The van der Waals surface area contributed by atoms with Gasteiger partial charge in [-0.25, -0.2) is 19.8 Å². The first-order chi connectivity index (χ1) is 22.8. The third kappa shape index (κ3) is 6.52. The number of methoxy groups -OCH3 is 1. The van der Waals surface area contributed by atoms with Crippen LogP contribution in [-0.4, -0.2) is 39.1 Å². The zero-order valence-corrected chi connectivity index (χ0v) is 28.0. The van der Waals surface area contributed by atoms with Crippen LogP contribution in [-0.2, 0) is 9.53 Å². The number of benzene rings is 3. The van der Waals surface area contributed by atoms with Gasteiger partial charge in [-0.15, -0.1) is 0 Å². The number of esters is 1. The van der Waals surface area contributed by atoms with Crippen LogP contribution in [0.5, 0.6) is 5.75 Å². The molecule has 0 spiro atoms. The number of ether oxygens (including phenoxy) is 2. The molecule has 0 amide bonds. The number of carbonyl (C=O) groups excluding carboxylic acids is 1. The molecule has 5 aromatic rings. The molecule has 2 aromatic heterocycles. The van der Waals surface area contributed by atoms with Crippen LogP contribution in [0.15, 0.2) is 115 Å². The molecule has 6 rings (SSSR count). The molecule has 0 radical (unpaired) electrons. The highest BCUT2D eigenvalue weighted by molar-refractivity contribution is 9.10. The molecule has 3 heterocycles. The van der Waals surface area contributed by atoms with Gasteiger partial charge in [0.1, 0.15) is 11.8 Å². The lowest BCUT2D eigenvalue weighted by Gasteiger charge is -2.27. The number of hydrogen-bond acceptors (Lipinski definition) is 11. The van der Waals surface area contributed by atoms with E-state index < -0.39 is 22.5 Å². The maximum atomic E-state index is 14.4. The molecule has 0 N–H and O–H groups in total. The summed E-state index contributed by atoms with van der Waals surface area (Å²) in [6.45, 7) is 1.81. The average molecular weight is 731 g/mol. The van der Waals surface area contributed by atoms with Crippen LogP contribution < -0.4 is 19.6 Å². The summed E-state index contributed by atoms with van der Waals surface area (Å²) in [6.07, 6.45) is 4.79. The Labute approximate surface area is 284 Å². The van der Waals surface area contributed by atoms with Gasteiger partial charge in [-0.05, 0) is 60.7 Å². The first-order valence-electron chi connectivity index (χ1n) is 14.1. The van der Waals surface area contributed by atoms with E-state index in [2.05, 4.69) is 25.9 Å². The van der Waals surface area contributed by atoms with Gasteiger partial charge in [0.25, 0.3) is 11.2 Å². The number of non-ortho nitro benzene ring substituents is 1. The highest BCUT2D eigenvalue weighted by atomic mass is 79.9. The van der Waals surface area contributed by atoms with E-state index in [4.69, 9.17) is 14.5 Å². The minimum absolute atomic E-state index is 0.107. The number of halogens is 1. The van der Waals surface area contributed by atoms with Gasteiger partial charge in [-0.3, -0.25) is 19.5 Å². The second kappa shape index (κ2) is 13.8. The number of nitrogens with zero attached hydrogens (tertiary/aromatic N) is 5. The van der Waals surface area contributed by atoms with Gasteiger partial charge in [0.2, 0.25) is 0 Å². The maximum Gasteiger partial charge on any atom is 0.338 e. The summed E-state index contributed by atoms with van der Waals surface area (Å²) in [6, 6.07) is 19.6. The summed E-state index contributed by atoms with van der Waals surface area (Å²) in [7, 11) is 1.51. The molecular weight excluding hydrogens is 706 g/mol. The second-order valence-electron chi connectivity index (χ2n) is 9.93. The van der Waals surface area contributed by atoms with Gasteiger partial charge >= 0.3 is 5.97 Å². The zero-order chi connectivity index (χ0) is 33.1. The summed E-state index contributed by atoms with van der Waals surface area (Å²) in [4.78, 5) is 53.8. The number of carbonyl (C=O) groups is 1. The Balaban J connectivity index is 1.65. The SMILES string of the molecule is CCOC(=O)C1=C(c2ccccc2)N=c2s/c(=C\c3cc([N+](=O)[O-])ccc3Sc3ncccn3)c(=O)n2[C@H]1c1cc(Br)ccc1OC. The lowest BCUT2D eigenvalue weighted by molar-refractivity contribution is -0.384. The summed E-state index contributed by atoms with van der Waals surface area (Å²) in [5.41, 5.74) is 1.55. The van der Waals surface area contributed by atoms with Crippen molar-refractivity contribution in [1.82, 2.24) is 14.5 Å². The minimum Gasteiger partial charge on any atom is -0.496 e. The number of rotatable bonds is 9. The fourth-order valence-corrected chi connectivity index (χ4v) is 7.25. The van der Waals surface area contributed by atoms with Gasteiger partial charge in [-0.1, -0.05) is 57.6 Å². The van der Waals surface area contributed by atoms with Crippen LogP contribution in [0.25, 0.3) is 11.8 Å². The van der Waals surface area contributed by atoms with Crippen molar-refractivity contribution in [2.24, 2.45) is 4.99 Å². The third-order valence-electron chi connectivity index (χ3n) is 7.09. The molecule has 1 aliphatic heterocycles. The molecule has 47 heavy (non-hydrogen) atoms. The Morgan fingerprint density at radius 2 is 1.87 bits per heavy atom. The first kappa shape index (κ1) is 32.0. The van der Waals surface area contributed by atoms with Crippen LogP contribution in [0, 0.1) is 10.1 Å². The van der Waals surface area contributed by atoms with Crippen LogP contribution in [0.2, 0.25) is 0 Å². The largest absolute Gasteiger partial charge is 0.496 e. The van der Waals surface area contributed by atoms with Crippen LogP contribution >= 0.6 is 39.0 Å². The highest BCUT2D eigenvalue weighted by Gasteiger charge is 2.37. The molecule has 0 saturated heterocycles. The van der Waals surface area contributed by atoms with Crippen LogP contribution in [0.1, 0.15) is 29.7 Å². The Bertz CT molecular complexity index is 2220. The summed E-state index contributed by atoms with van der Waals surface area (Å²) in [5.74, 6) is -0.180. The van der Waals surface area contributed by atoms with Crippen molar-refractivity contribution in [2.45, 2.75) is 23.0 Å². The van der Waals surface area contributed by atoms with E-state index in [9.17, 15) is 19.7 Å². The van der Waals surface area contributed by atoms with E-state index in [-0.39, 0.29) is 22.4 Å². The van der Waals surface area contributed by atoms with E-state index in [0.717, 1.165) is 11.3 Å². The molecular formula is C33H24BrN5O6S2. The van der Waals surface area contributed by atoms with Crippen LogP contribution in [0.4, 0.5) is 5.69 Å². The van der Waals surface area contributed by atoms with Crippen molar-refractivity contribution in [3.05, 3.63) is 142 Å². The minimum atomic E-state index is -0.980. The molecule has 0 unspecified atom stereocenters. The van der Waals surface area contributed by atoms with Crippen molar-refractivity contribution in [2.75, 3.05) is 13.7 Å². The highest BCUT2D eigenvalue weighted by Crippen LogP contribution is 2.40. The lowest BCUT2D eigenvalue weighted by atomic mass is 9.92. The Morgan fingerprint density at radius 1 is 1.11 bits per heavy atom. The lowest BCUT2D eigenvalue weighted by Crippen LogP contribution is -2.40. The van der Waals surface area contributed by atoms with E-state index in [1.54, 1.807) is 55.7 Å². The van der Waals surface area contributed by atoms with Crippen molar-refractivity contribution < 1.29 is 19.2 Å². The zero-order valence-electron chi connectivity index (χ0n) is 24.8. The molecule has 1 aliphatic rings. The fraction of sp³-hybridized carbons (Fsp3) is 0.121. The Kier molecular flexibility index (Phi) is 9.43. The average Bonchev–Trinajstić information content (AvgIpc) is 3.39. The predicted molar refractivity (Wildman–Crippen MR) is 181 cm³/mol. The molecule has 14 heteroatoms.